The Kier molecular flexibility index (Phi) is 4.39. The van der Waals surface area contributed by atoms with E-state index in [1.54, 1.807) is 0 Å². The molecule has 0 radical (unpaired) electrons. The van der Waals surface area contributed by atoms with E-state index in [0.29, 0.717) is 0 Å². The average molecular weight is 306 g/mol. The van der Waals surface area contributed by atoms with Crippen molar-refractivity contribution in [3.63, 3.8) is 0 Å². The number of nitrogens with zero attached hydrogens (tertiary/aromatic N) is 1. The van der Waals surface area contributed by atoms with Gasteiger partial charge in [0, 0.05) is 28.4 Å². The second kappa shape index (κ2) is 5.69. The van der Waals surface area contributed by atoms with Gasteiger partial charge >= 0.3 is 0 Å². The van der Waals surface area contributed by atoms with Crippen LogP contribution in [0.4, 0.5) is 0 Å². The summed E-state index contributed by atoms with van der Waals surface area (Å²) in [5.74, 6) is -0.0917. The third-order valence-electron chi connectivity index (χ3n) is 4.55. The Labute approximate surface area is 133 Å². The molecular weight excluding hydrogens is 276 g/mol. The lowest BCUT2D eigenvalue weighted by atomic mass is 9.79. The molecule has 124 valence electrons. The highest BCUT2D eigenvalue weighted by Crippen LogP contribution is 2.29. The lowest BCUT2D eigenvalue weighted by molar-refractivity contribution is -0.123. The predicted octanol–water partition coefficient (Wildman–Crippen LogP) is 2.56. The molecule has 0 spiro atoms. The van der Waals surface area contributed by atoms with Crippen molar-refractivity contribution in [2.24, 2.45) is 0 Å². The van der Waals surface area contributed by atoms with E-state index in [-0.39, 0.29) is 28.9 Å². The molecule has 3 N–H and O–H groups in total. The van der Waals surface area contributed by atoms with E-state index in [1.165, 1.54) is 0 Å². The summed E-state index contributed by atoms with van der Waals surface area (Å²) in [6.45, 7) is 14.6. The number of rotatable bonds is 3. The van der Waals surface area contributed by atoms with Gasteiger partial charge in [0.1, 0.15) is 0 Å². The molecule has 1 saturated heterocycles. The molecule has 5 nitrogen and oxygen atoms in total. The van der Waals surface area contributed by atoms with E-state index in [1.807, 2.05) is 20.8 Å². The molecular formula is C17H30N4O. The largest absolute Gasteiger partial charge is 0.353 e. The van der Waals surface area contributed by atoms with Gasteiger partial charge in [0.2, 0.25) is 5.91 Å². The zero-order chi connectivity index (χ0) is 16.7. The third-order valence-corrected chi connectivity index (χ3v) is 4.55. The van der Waals surface area contributed by atoms with Crippen LogP contribution < -0.4 is 10.6 Å². The minimum Gasteiger partial charge on any atom is -0.353 e. The number of aromatic amines is 1. The summed E-state index contributed by atoms with van der Waals surface area (Å²) >= 11 is 0. The summed E-state index contributed by atoms with van der Waals surface area (Å²) in [6, 6.07) is 0.203. The zero-order valence-electron chi connectivity index (χ0n) is 14.9. The van der Waals surface area contributed by atoms with Crippen LogP contribution in [0.2, 0.25) is 0 Å². The average Bonchev–Trinajstić information content (AvgIpc) is 2.64. The van der Waals surface area contributed by atoms with Gasteiger partial charge in [-0.1, -0.05) is 0 Å². The normalized spacial score (nSPS) is 22.3. The minimum atomic E-state index is -0.181. The van der Waals surface area contributed by atoms with Gasteiger partial charge in [-0.05, 0) is 61.3 Å². The first-order chi connectivity index (χ1) is 10.0. The lowest BCUT2D eigenvalue weighted by Crippen LogP contribution is -2.62. The van der Waals surface area contributed by atoms with Crippen molar-refractivity contribution in [2.75, 3.05) is 0 Å². The summed E-state index contributed by atoms with van der Waals surface area (Å²) < 4.78 is 0. The van der Waals surface area contributed by atoms with Crippen molar-refractivity contribution in [3.8, 4) is 0 Å². The summed E-state index contributed by atoms with van der Waals surface area (Å²) in [4.78, 5) is 12.7. The fourth-order valence-electron chi connectivity index (χ4n) is 4.08. The van der Waals surface area contributed by atoms with Gasteiger partial charge in [0.15, 0.2) is 0 Å². The molecule has 0 aliphatic carbocycles. The van der Waals surface area contributed by atoms with Crippen LogP contribution in [0.1, 0.15) is 70.3 Å². The van der Waals surface area contributed by atoms with E-state index < -0.39 is 0 Å². The maximum absolute atomic E-state index is 12.7. The van der Waals surface area contributed by atoms with Gasteiger partial charge in [-0.25, -0.2) is 0 Å². The summed E-state index contributed by atoms with van der Waals surface area (Å²) in [6.07, 6.45) is 1.89. The molecule has 0 unspecified atom stereocenters. The molecule has 1 aliphatic heterocycles. The number of hydrogen-bond donors (Lipinski definition) is 3. The first-order valence-corrected chi connectivity index (χ1v) is 8.12. The summed E-state index contributed by atoms with van der Waals surface area (Å²) in [7, 11) is 0. The van der Waals surface area contributed by atoms with Crippen LogP contribution in [-0.2, 0) is 4.79 Å². The molecule has 1 aliphatic rings. The Balaban J connectivity index is 2.08. The molecule has 1 aromatic rings. The molecule has 0 bridgehead atoms. The highest BCUT2D eigenvalue weighted by Gasteiger charge is 2.38. The van der Waals surface area contributed by atoms with Crippen LogP contribution in [0.15, 0.2) is 0 Å². The number of aryl methyl sites for hydroxylation is 2. The molecule has 1 fully saturated rings. The van der Waals surface area contributed by atoms with E-state index in [0.717, 1.165) is 29.8 Å². The zero-order valence-corrected chi connectivity index (χ0v) is 14.9. The smallest absolute Gasteiger partial charge is 0.227 e. The quantitative estimate of drug-likeness (QED) is 0.804. The number of H-pyrrole nitrogens is 1. The van der Waals surface area contributed by atoms with Crippen molar-refractivity contribution < 1.29 is 4.79 Å². The number of nitrogens with one attached hydrogen (secondary N) is 3. The lowest BCUT2D eigenvalue weighted by Gasteiger charge is -2.46. The number of carbonyl (C=O) groups is 1. The number of hydrogen-bond acceptors (Lipinski definition) is 3. The molecule has 0 aromatic carbocycles. The van der Waals surface area contributed by atoms with E-state index >= 15 is 0 Å². The molecule has 0 saturated carbocycles. The molecule has 5 heteroatoms. The molecule has 2 heterocycles. The monoisotopic (exact) mass is 306 g/mol. The molecule has 2 rings (SSSR count). The fourth-order valence-corrected chi connectivity index (χ4v) is 4.08. The van der Waals surface area contributed by atoms with Crippen molar-refractivity contribution >= 4 is 5.91 Å². The van der Waals surface area contributed by atoms with E-state index in [9.17, 15) is 4.79 Å². The topological polar surface area (TPSA) is 69.8 Å². The highest BCUT2D eigenvalue weighted by molar-refractivity contribution is 5.84. The Morgan fingerprint density at radius 2 is 1.77 bits per heavy atom. The van der Waals surface area contributed by atoms with Crippen LogP contribution in [0.3, 0.4) is 0 Å². The van der Waals surface area contributed by atoms with Crippen molar-refractivity contribution in [2.45, 2.75) is 84.3 Å². The molecule has 1 aromatic heterocycles. The van der Waals surface area contributed by atoms with Crippen molar-refractivity contribution in [1.82, 2.24) is 20.8 Å². The van der Waals surface area contributed by atoms with Crippen LogP contribution in [0.5, 0.6) is 0 Å². The standard InChI is InChI=1S/C17H30N4O/c1-10(14-11(2)19-20-12(14)3)15(22)18-13-8-16(4,5)21-17(6,7)9-13/h10,13,21H,8-9H2,1-7H3,(H,18,22)(H,19,20)/t10-/m0/s1. The first kappa shape index (κ1) is 17.0. The number of aromatic nitrogens is 2. The van der Waals surface area contributed by atoms with Crippen molar-refractivity contribution in [3.05, 3.63) is 17.0 Å². The van der Waals surface area contributed by atoms with Gasteiger partial charge in [-0.2, -0.15) is 5.10 Å². The van der Waals surface area contributed by atoms with Crippen molar-refractivity contribution in [1.29, 1.82) is 0 Å². The van der Waals surface area contributed by atoms with Crippen LogP contribution in [0.25, 0.3) is 0 Å². The molecule has 1 atom stereocenters. The maximum Gasteiger partial charge on any atom is 0.227 e. The van der Waals surface area contributed by atoms with Crippen LogP contribution in [-0.4, -0.2) is 33.2 Å². The second-order valence-corrected chi connectivity index (χ2v) is 8.08. The van der Waals surface area contributed by atoms with Gasteiger partial charge in [0.25, 0.3) is 0 Å². The van der Waals surface area contributed by atoms with Crippen LogP contribution in [0, 0.1) is 13.8 Å². The Morgan fingerprint density at radius 1 is 1.23 bits per heavy atom. The Morgan fingerprint density at radius 3 is 2.23 bits per heavy atom. The Hall–Kier alpha value is -1.36. The summed E-state index contributed by atoms with van der Waals surface area (Å²) in [5.41, 5.74) is 2.97. The van der Waals surface area contributed by atoms with Gasteiger partial charge in [0.05, 0.1) is 11.6 Å². The number of piperidine rings is 1. The molecule has 1 amide bonds. The third kappa shape index (κ3) is 3.69. The number of carbonyl (C=O) groups excluding carboxylic acids is 1. The molecule has 22 heavy (non-hydrogen) atoms. The summed E-state index contributed by atoms with van der Waals surface area (Å²) in [5, 5.41) is 14.1. The van der Waals surface area contributed by atoms with Gasteiger partial charge < -0.3 is 10.6 Å². The van der Waals surface area contributed by atoms with Crippen LogP contribution >= 0.6 is 0 Å². The maximum atomic E-state index is 12.7. The minimum absolute atomic E-state index is 0.0322. The fraction of sp³-hybridized carbons (Fsp3) is 0.765. The highest BCUT2D eigenvalue weighted by atomic mass is 16.1. The predicted molar refractivity (Wildman–Crippen MR) is 88.9 cm³/mol. The Bertz CT molecular complexity index is 524. The second-order valence-electron chi connectivity index (χ2n) is 8.08. The van der Waals surface area contributed by atoms with Gasteiger partial charge in [-0.15, -0.1) is 0 Å². The van der Waals surface area contributed by atoms with E-state index in [2.05, 4.69) is 48.5 Å². The first-order valence-electron chi connectivity index (χ1n) is 8.12. The van der Waals surface area contributed by atoms with Gasteiger partial charge in [-0.3, -0.25) is 9.89 Å². The SMILES string of the molecule is Cc1n[nH]c(C)c1[C@H](C)C(=O)NC1CC(C)(C)NC(C)(C)C1. The number of amides is 1. The van der Waals surface area contributed by atoms with E-state index in [4.69, 9.17) is 0 Å².